The fraction of sp³-hybridized carbons (Fsp3) is 0.250. The second kappa shape index (κ2) is 4.34. The minimum atomic E-state index is -0.178. The molecule has 0 atom stereocenters. The van der Waals surface area contributed by atoms with Gasteiger partial charge in [0.2, 0.25) is 0 Å². The summed E-state index contributed by atoms with van der Waals surface area (Å²) in [5.41, 5.74) is 2.03. The number of nitrogens with zero attached hydrogens (tertiary/aromatic N) is 1. The van der Waals surface area contributed by atoms with Gasteiger partial charge in [0.25, 0.3) is 5.56 Å². The van der Waals surface area contributed by atoms with Gasteiger partial charge in [0.05, 0.1) is 11.3 Å². The van der Waals surface area contributed by atoms with Crippen LogP contribution in [-0.4, -0.2) is 9.97 Å². The second-order valence-corrected chi connectivity index (χ2v) is 5.87. The van der Waals surface area contributed by atoms with Gasteiger partial charge in [0, 0.05) is 16.9 Å². The molecule has 4 heteroatoms. The Balaban J connectivity index is 2.25. The van der Waals surface area contributed by atoms with Crippen LogP contribution in [-0.2, 0) is 5.41 Å². The lowest BCUT2D eigenvalue weighted by Gasteiger charge is -2.17. The zero-order chi connectivity index (χ0) is 14.3. The molecule has 1 N–H and O–H groups in total. The summed E-state index contributed by atoms with van der Waals surface area (Å²) >= 11 is 0. The Kier molecular flexibility index (Phi) is 2.74. The first-order valence-corrected chi connectivity index (χ1v) is 6.53. The Labute approximate surface area is 116 Å². The number of fused-ring (bicyclic) bond motifs is 1. The van der Waals surface area contributed by atoms with Crippen LogP contribution < -0.4 is 5.56 Å². The Morgan fingerprint density at radius 1 is 1.20 bits per heavy atom. The maximum Gasteiger partial charge on any atom is 0.251 e. The molecular formula is C16H16N2O2. The first-order chi connectivity index (χ1) is 9.45. The van der Waals surface area contributed by atoms with Gasteiger partial charge in [-0.1, -0.05) is 39.0 Å². The molecular weight excluding hydrogens is 252 g/mol. The molecule has 0 spiro atoms. The van der Waals surface area contributed by atoms with Gasteiger partial charge in [-0.2, -0.15) is 0 Å². The summed E-state index contributed by atoms with van der Waals surface area (Å²) < 4.78 is 5.51. The average molecular weight is 268 g/mol. The molecule has 3 aromatic rings. The Morgan fingerprint density at radius 3 is 2.70 bits per heavy atom. The molecule has 4 nitrogen and oxygen atoms in total. The molecule has 102 valence electrons. The van der Waals surface area contributed by atoms with Crippen LogP contribution in [0.15, 0.2) is 45.8 Å². The fourth-order valence-corrected chi connectivity index (χ4v) is 2.13. The van der Waals surface area contributed by atoms with Gasteiger partial charge in [0.15, 0.2) is 0 Å². The van der Waals surface area contributed by atoms with Crippen molar-refractivity contribution in [1.29, 1.82) is 0 Å². The van der Waals surface area contributed by atoms with E-state index in [-0.39, 0.29) is 11.0 Å². The highest BCUT2D eigenvalue weighted by atomic mass is 16.3. The molecule has 0 aliphatic heterocycles. The van der Waals surface area contributed by atoms with Crippen molar-refractivity contribution in [2.75, 3.05) is 0 Å². The van der Waals surface area contributed by atoms with E-state index in [1.165, 1.54) is 0 Å². The van der Waals surface area contributed by atoms with E-state index in [0.717, 1.165) is 22.2 Å². The predicted octanol–water partition coefficient (Wildman–Crippen LogP) is 3.48. The first kappa shape index (κ1) is 12.7. The topological polar surface area (TPSA) is 58.9 Å². The summed E-state index contributed by atoms with van der Waals surface area (Å²) in [4.78, 5) is 19.2. The van der Waals surface area contributed by atoms with Crippen molar-refractivity contribution in [2.24, 2.45) is 0 Å². The molecule has 0 aliphatic rings. The largest absolute Gasteiger partial charge is 0.464 e. The predicted molar refractivity (Wildman–Crippen MR) is 78.8 cm³/mol. The van der Waals surface area contributed by atoms with Gasteiger partial charge >= 0.3 is 0 Å². The van der Waals surface area contributed by atoms with Crippen molar-refractivity contribution in [2.45, 2.75) is 26.2 Å². The zero-order valence-corrected chi connectivity index (χ0v) is 11.7. The van der Waals surface area contributed by atoms with Crippen molar-refractivity contribution >= 4 is 11.0 Å². The molecule has 0 bridgehead atoms. The van der Waals surface area contributed by atoms with E-state index in [0.29, 0.717) is 5.82 Å². The van der Waals surface area contributed by atoms with Gasteiger partial charge < -0.3 is 9.40 Å². The van der Waals surface area contributed by atoms with Crippen LogP contribution in [0.4, 0.5) is 0 Å². The number of aromatic amines is 1. The summed E-state index contributed by atoms with van der Waals surface area (Å²) in [5.74, 6) is 0.548. The molecule has 1 aromatic carbocycles. The smallest absolute Gasteiger partial charge is 0.251 e. The minimum absolute atomic E-state index is 0.148. The summed E-state index contributed by atoms with van der Waals surface area (Å²) in [5, 5.41) is 0.946. The van der Waals surface area contributed by atoms with Crippen LogP contribution in [0.1, 0.15) is 26.5 Å². The number of H-pyrrole nitrogens is 1. The van der Waals surface area contributed by atoms with Crippen molar-refractivity contribution in [3.63, 3.8) is 0 Å². The van der Waals surface area contributed by atoms with E-state index >= 15 is 0 Å². The summed E-state index contributed by atoms with van der Waals surface area (Å²) in [6.07, 6.45) is 1.63. The third-order valence-corrected chi connectivity index (χ3v) is 3.25. The van der Waals surface area contributed by atoms with E-state index in [4.69, 9.17) is 4.42 Å². The lowest BCUT2D eigenvalue weighted by Crippen LogP contribution is -2.19. The molecule has 0 amide bonds. The number of hydrogen-bond donors (Lipinski definition) is 1. The van der Waals surface area contributed by atoms with E-state index in [2.05, 4.69) is 9.97 Å². The molecule has 3 rings (SSSR count). The van der Waals surface area contributed by atoms with E-state index in [9.17, 15) is 4.79 Å². The van der Waals surface area contributed by atoms with Crippen LogP contribution in [0.25, 0.3) is 22.4 Å². The molecule has 0 radical (unpaired) electrons. The molecule has 20 heavy (non-hydrogen) atoms. The quantitative estimate of drug-likeness (QED) is 0.735. The fourth-order valence-electron chi connectivity index (χ4n) is 2.13. The summed E-state index contributed by atoms with van der Waals surface area (Å²) in [6, 6.07) is 9.25. The highest BCUT2D eigenvalue weighted by Gasteiger charge is 2.18. The number of para-hydroxylation sites is 1. The molecule has 0 saturated carbocycles. The Morgan fingerprint density at radius 2 is 1.95 bits per heavy atom. The zero-order valence-electron chi connectivity index (χ0n) is 11.7. The van der Waals surface area contributed by atoms with Crippen molar-refractivity contribution in [3.05, 3.63) is 52.6 Å². The van der Waals surface area contributed by atoms with Gasteiger partial charge in [-0.3, -0.25) is 4.79 Å². The SMILES string of the molecule is CC(C)(C)c1cc(=O)[nH]c(-c2coc3ccccc23)n1. The maximum atomic E-state index is 11.9. The van der Waals surface area contributed by atoms with Crippen LogP contribution in [0.5, 0.6) is 0 Å². The summed E-state index contributed by atoms with van der Waals surface area (Å²) in [6.45, 7) is 6.10. The molecule has 0 fully saturated rings. The minimum Gasteiger partial charge on any atom is -0.464 e. The number of furan rings is 1. The number of aromatic nitrogens is 2. The van der Waals surface area contributed by atoms with Gasteiger partial charge in [0.1, 0.15) is 17.7 Å². The normalized spacial score (nSPS) is 11.9. The number of rotatable bonds is 1. The standard InChI is InChI=1S/C16H16N2O2/c1-16(2,3)13-8-14(19)18-15(17-13)11-9-20-12-7-5-4-6-10(11)12/h4-9H,1-3H3,(H,17,18,19). The second-order valence-electron chi connectivity index (χ2n) is 5.87. The Bertz CT molecular complexity index is 822. The summed E-state index contributed by atoms with van der Waals surface area (Å²) in [7, 11) is 0. The molecule has 0 saturated heterocycles. The van der Waals surface area contributed by atoms with Gasteiger partial charge in [-0.05, 0) is 6.07 Å². The van der Waals surface area contributed by atoms with E-state index in [1.807, 2.05) is 45.0 Å². The van der Waals surface area contributed by atoms with E-state index in [1.54, 1.807) is 12.3 Å². The third kappa shape index (κ3) is 2.13. The van der Waals surface area contributed by atoms with Crippen LogP contribution in [0.3, 0.4) is 0 Å². The van der Waals surface area contributed by atoms with E-state index < -0.39 is 0 Å². The molecule has 2 heterocycles. The number of hydrogen-bond acceptors (Lipinski definition) is 3. The van der Waals surface area contributed by atoms with Crippen molar-refractivity contribution in [3.8, 4) is 11.4 Å². The third-order valence-electron chi connectivity index (χ3n) is 3.25. The van der Waals surface area contributed by atoms with Crippen LogP contribution in [0, 0.1) is 0 Å². The molecule has 0 aliphatic carbocycles. The first-order valence-electron chi connectivity index (χ1n) is 6.53. The van der Waals surface area contributed by atoms with Crippen LogP contribution >= 0.6 is 0 Å². The van der Waals surface area contributed by atoms with Crippen LogP contribution in [0.2, 0.25) is 0 Å². The van der Waals surface area contributed by atoms with Gasteiger partial charge in [-0.25, -0.2) is 4.98 Å². The lowest BCUT2D eigenvalue weighted by molar-refractivity contribution is 0.566. The number of nitrogens with one attached hydrogen (secondary N) is 1. The maximum absolute atomic E-state index is 11.9. The highest BCUT2D eigenvalue weighted by molar-refractivity contribution is 5.91. The molecule has 0 unspecified atom stereocenters. The molecule has 2 aromatic heterocycles. The monoisotopic (exact) mass is 268 g/mol. The Hall–Kier alpha value is -2.36. The lowest BCUT2D eigenvalue weighted by atomic mass is 9.92. The highest BCUT2D eigenvalue weighted by Crippen LogP contribution is 2.28. The number of benzene rings is 1. The van der Waals surface area contributed by atoms with Crippen molar-refractivity contribution < 1.29 is 4.42 Å². The van der Waals surface area contributed by atoms with Crippen molar-refractivity contribution in [1.82, 2.24) is 9.97 Å². The average Bonchev–Trinajstić information content (AvgIpc) is 2.80. The van der Waals surface area contributed by atoms with Gasteiger partial charge in [-0.15, -0.1) is 0 Å².